The predicted octanol–water partition coefficient (Wildman–Crippen LogP) is 5.24. The molecular weight excluding hydrogens is 435 g/mol. The first-order valence-corrected chi connectivity index (χ1v) is 10.5. The number of unbranched alkanes of at least 4 members (excludes halogenated alkanes) is 1. The molecule has 33 heavy (non-hydrogen) atoms. The molecule has 0 unspecified atom stereocenters. The zero-order valence-electron chi connectivity index (χ0n) is 18.0. The van der Waals surface area contributed by atoms with Crippen LogP contribution in [0.4, 0.5) is 18.9 Å². The van der Waals surface area contributed by atoms with Crippen LogP contribution in [0.3, 0.4) is 0 Å². The lowest BCUT2D eigenvalue weighted by Crippen LogP contribution is -2.24. The molecule has 1 aliphatic rings. The van der Waals surface area contributed by atoms with Crippen LogP contribution in [-0.4, -0.2) is 39.6 Å². The fourth-order valence-corrected chi connectivity index (χ4v) is 3.44. The van der Waals surface area contributed by atoms with Gasteiger partial charge in [0.25, 0.3) is 5.91 Å². The monoisotopic (exact) mass is 459 g/mol. The van der Waals surface area contributed by atoms with Gasteiger partial charge in [0.15, 0.2) is 0 Å². The second kappa shape index (κ2) is 10.3. The number of aliphatic carboxylic acids is 1. The number of carboxylic acids is 1. The van der Waals surface area contributed by atoms with Gasteiger partial charge in [-0.2, -0.15) is 13.2 Å². The van der Waals surface area contributed by atoms with Crippen molar-refractivity contribution in [3.63, 3.8) is 0 Å². The highest BCUT2D eigenvalue weighted by atomic mass is 19.4. The lowest BCUT2D eigenvalue weighted by atomic mass is 10.1. The molecule has 0 radical (unpaired) electrons. The molecule has 2 heterocycles. The summed E-state index contributed by atoms with van der Waals surface area (Å²) in [5.74, 6) is -2.59. The van der Waals surface area contributed by atoms with Crippen molar-refractivity contribution in [3.05, 3.63) is 71.4 Å². The van der Waals surface area contributed by atoms with Gasteiger partial charge < -0.3 is 15.3 Å². The van der Waals surface area contributed by atoms with Crippen molar-refractivity contribution < 1.29 is 27.9 Å². The number of aromatic nitrogens is 1. The van der Waals surface area contributed by atoms with Gasteiger partial charge >= 0.3 is 12.1 Å². The van der Waals surface area contributed by atoms with E-state index in [-0.39, 0.29) is 5.91 Å². The lowest BCUT2D eigenvalue weighted by molar-refractivity contribution is -0.192. The first kappa shape index (κ1) is 24.0. The Kier molecular flexibility index (Phi) is 7.52. The van der Waals surface area contributed by atoms with E-state index in [9.17, 15) is 18.0 Å². The Labute approximate surface area is 189 Å². The Hall–Kier alpha value is -3.62. The van der Waals surface area contributed by atoms with Crippen LogP contribution in [0.15, 0.2) is 54.7 Å². The molecule has 174 valence electrons. The van der Waals surface area contributed by atoms with Crippen LogP contribution in [0, 0.1) is 0 Å². The van der Waals surface area contributed by atoms with Crippen molar-refractivity contribution >= 4 is 28.5 Å². The van der Waals surface area contributed by atoms with Gasteiger partial charge in [-0.1, -0.05) is 31.5 Å². The summed E-state index contributed by atoms with van der Waals surface area (Å²) in [6.45, 7) is 4.43. The molecule has 3 aromatic rings. The van der Waals surface area contributed by atoms with Crippen molar-refractivity contribution in [3.8, 4) is 0 Å². The fourth-order valence-electron chi connectivity index (χ4n) is 3.44. The number of carboxylic acid groups (broad SMARTS) is 1. The van der Waals surface area contributed by atoms with Crippen molar-refractivity contribution in [2.45, 2.75) is 39.0 Å². The molecule has 1 aromatic heterocycles. The summed E-state index contributed by atoms with van der Waals surface area (Å²) in [7, 11) is 0. The number of hydrogen-bond donors (Lipinski definition) is 2. The molecule has 2 aromatic carbocycles. The van der Waals surface area contributed by atoms with Gasteiger partial charge in [-0.3, -0.25) is 9.78 Å². The van der Waals surface area contributed by atoms with Crippen LogP contribution in [-0.2, 0) is 17.9 Å². The summed E-state index contributed by atoms with van der Waals surface area (Å²) in [4.78, 5) is 27.8. The minimum atomic E-state index is -5.08. The van der Waals surface area contributed by atoms with Crippen molar-refractivity contribution in [1.29, 1.82) is 0 Å². The minimum absolute atomic E-state index is 0.165. The number of para-hydroxylation sites is 1. The summed E-state index contributed by atoms with van der Waals surface area (Å²) in [5.41, 5.74) is 5.16. The molecule has 0 spiro atoms. The molecule has 6 nitrogen and oxygen atoms in total. The highest BCUT2D eigenvalue weighted by molar-refractivity contribution is 5.98. The smallest absolute Gasteiger partial charge is 0.475 e. The van der Waals surface area contributed by atoms with Gasteiger partial charge in [0.05, 0.1) is 5.52 Å². The summed E-state index contributed by atoms with van der Waals surface area (Å²) in [5, 5.41) is 11.7. The standard InChI is InChI=1S/C22H23N3O.C2HF3O2/c1-2-3-10-25-15-18-12-19(8-9-20(18)22(25)26)23-13-16-11-17-6-4-5-7-21(17)24-14-16;3-2(4,5)1(6)7/h4-9,11-12,14,23H,2-3,10,13,15H2,1H3;(H,6,7). The molecule has 0 saturated carbocycles. The van der Waals surface area contributed by atoms with Crippen molar-refractivity contribution in [2.75, 3.05) is 11.9 Å². The largest absolute Gasteiger partial charge is 0.490 e. The number of anilines is 1. The first-order chi connectivity index (χ1) is 15.7. The molecule has 0 bridgehead atoms. The van der Waals surface area contributed by atoms with Crippen molar-refractivity contribution in [1.82, 2.24) is 9.88 Å². The Balaban J connectivity index is 0.000000383. The highest BCUT2D eigenvalue weighted by Crippen LogP contribution is 2.26. The maximum Gasteiger partial charge on any atom is 0.490 e. The third kappa shape index (κ3) is 6.21. The molecule has 0 aliphatic carbocycles. The van der Waals surface area contributed by atoms with Gasteiger partial charge in [0.2, 0.25) is 0 Å². The molecule has 9 heteroatoms. The van der Waals surface area contributed by atoms with E-state index in [0.717, 1.165) is 59.2 Å². The van der Waals surface area contributed by atoms with E-state index in [4.69, 9.17) is 9.90 Å². The van der Waals surface area contributed by atoms with Crippen LogP contribution in [0.25, 0.3) is 10.9 Å². The highest BCUT2D eigenvalue weighted by Gasteiger charge is 2.38. The Morgan fingerprint density at radius 1 is 1.18 bits per heavy atom. The second-order valence-electron chi connectivity index (χ2n) is 7.64. The van der Waals surface area contributed by atoms with E-state index >= 15 is 0 Å². The quantitative estimate of drug-likeness (QED) is 0.527. The minimum Gasteiger partial charge on any atom is -0.475 e. The van der Waals surface area contributed by atoms with Gasteiger partial charge in [-0.15, -0.1) is 0 Å². The number of amides is 1. The normalized spacial score (nSPS) is 12.8. The molecule has 0 atom stereocenters. The number of benzene rings is 2. The number of fused-ring (bicyclic) bond motifs is 2. The number of carbonyl (C=O) groups is 2. The fraction of sp³-hybridized carbons (Fsp3) is 0.292. The number of alkyl halides is 3. The summed E-state index contributed by atoms with van der Waals surface area (Å²) in [6, 6.07) is 16.4. The average Bonchev–Trinajstić information content (AvgIpc) is 3.10. The summed E-state index contributed by atoms with van der Waals surface area (Å²) < 4.78 is 31.7. The Bertz CT molecular complexity index is 1150. The van der Waals surface area contributed by atoms with Gasteiger partial charge in [-0.25, -0.2) is 4.79 Å². The maximum absolute atomic E-state index is 12.4. The molecular formula is C24H24F3N3O3. The molecule has 1 amide bonds. The van der Waals surface area contributed by atoms with Gasteiger partial charge in [-0.05, 0) is 47.9 Å². The van der Waals surface area contributed by atoms with E-state index in [1.165, 1.54) is 0 Å². The van der Waals surface area contributed by atoms with Crippen LogP contribution in [0.5, 0.6) is 0 Å². The van der Waals surface area contributed by atoms with Gasteiger partial charge in [0, 0.05) is 42.5 Å². The van der Waals surface area contributed by atoms with Crippen LogP contribution >= 0.6 is 0 Å². The van der Waals surface area contributed by atoms with E-state index in [1.54, 1.807) is 0 Å². The summed E-state index contributed by atoms with van der Waals surface area (Å²) in [6.07, 6.45) is -1.01. The number of pyridine rings is 1. The third-order valence-electron chi connectivity index (χ3n) is 5.15. The Morgan fingerprint density at radius 2 is 1.91 bits per heavy atom. The number of nitrogens with one attached hydrogen (secondary N) is 1. The predicted molar refractivity (Wildman–Crippen MR) is 119 cm³/mol. The van der Waals surface area contributed by atoms with Crippen LogP contribution in [0.1, 0.15) is 41.3 Å². The van der Waals surface area contributed by atoms with E-state index in [1.807, 2.05) is 41.4 Å². The van der Waals surface area contributed by atoms with E-state index in [2.05, 4.69) is 35.4 Å². The summed E-state index contributed by atoms with van der Waals surface area (Å²) >= 11 is 0. The average molecular weight is 459 g/mol. The second-order valence-corrected chi connectivity index (χ2v) is 7.64. The molecule has 4 rings (SSSR count). The number of carbonyl (C=O) groups excluding carboxylic acids is 1. The topological polar surface area (TPSA) is 82.5 Å². The first-order valence-electron chi connectivity index (χ1n) is 10.5. The molecule has 1 aliphatic heterocycles. The third-order valence-corrected chi connectivity index (χ3v) is 5.15. The van der Waals surface area contributed by atoms with Gasteiger partial charge in [0.1, 0.15) is 0 Å². The zero-order chi connectivity index (χ0) is 24.0. The maximum atomic E-state index is 12.4. The zero-order valence-corrected chi connectivity index (χ0v) is 18.0. The van der Waals surface area contributed by atoms with Crippen molar-refractivity contribution in [2.24, 2.45) is 0 Å². The number of hydrogen-bond acceptors (Lipinski definition) is 4. The SMILES string of the molecule is CCCCN1Cc2cc(NCc3cnc4ccccc4c3)ccc2C1=O.O=C(O)C(F)(F)F. The number of rotatable bonds is 6. The number of halogens is 3. The lowest BCUT2D eigenvalue weighted by Gasteiger charge is -2.14. The van der Waals surface area contributed by atoms with Crippen LogP contribution < -0.4 is 5.32 Å². The molecule has 2 N–H and O–H groups in total. The van der Waals surface area contributed by atoms with E-state index in [0.29, 0.717) is 6.54 Å². The Morgan fingerprint density at radius 3 is 2.61 bits per heavy atom. The van der Waals surface area contributed by atoms with E-state index < -0.39 is 12.1 Å². The van der Waals surface area contributed by atoms with Crippen LogP contribution in [0.2, 0.25) is 0 Å². The number of nitrogens with zero attached hydrogens (tertiary/aromatic N) is 2. The molecule has 0 saturated heterocycles. The molecule has 0 fully saturated rings.